The van der Waals surface area contributed by atoms with Gasteiger partial charge in [-0.2, -0.15) is 0 Å². The van der Waals surface area contributed by atoms with Crippen molar-refractivity contribution in [1.82, 2.24) is 9.88 Å². The second-order valence-electron chi connectivity index (χ2n) is 6.71. The van der Waals surface area contributed by atoms with E-state index in [-0.39, 0.29) is 18.3 Å². The minimum Gasteiger partial charge on any atom is -0.497 e. The van der Waals surface area contributed by atoms with Gasteiger partial charge in [-0.05, 0) is 49.0 Å². The zero-order valence-corrected chi connectivity index (χ0v) is 19.8. The van der Waals surface area contributed by atoms with Gasteiger partial charge in [-0.25, -0.2) is 4.98 Å². The summed E-state index contributed by atoms with van der Waals surface area (Å²) in [5.74, 6) is 0.815. The number of nitrogens with zero attached hydrogens (tertiary/aromatic N) is 3. The van der Waals surface area contributed by atoms with Crippen molar-refractivity contribution in [2.75, 3.05) is 38.2 Å². The molecule has 0 aliphatic rings. The van der Waals surface area contributed by atoms with Gasteiger partial charge in [-0.3, -0.25) is 9.69 Å². The number of ether oxygens (including phenoxy) is 1. The van der Waals surface area contributed by atoms with Gasteiger partial charge in [-0.15, -0.1) is 12.4 Å². The molecule has 0 spiro atoms. The van der Waals surface area contributed by atoms with Crippen molar-refractivity contribution in [3.63, 3.8) is 0 Å². The molecule has 0 fully saturated rings. The zero-order chi connectivity index (χ0) is 20.8. The highest BCUT2D eigenvalue weighted by atomic mass is 35.5. The molecule has 30 heavy (non-hydrogen) atoms. The lowest BCUT2D eigenvalue weighted by Gasteiger charge is -2.24. The standard InChI is InChI=1S/C22H26ClN3O2S.ClH/c1-4-25(5-2)12-13-26(21(27)14-16-6-9-18(28-3)10-7-16)22-24-19-11-8-17(23)15-20(19)29-22;/h6-11,15H,4-5,12-14H2,1-3H3;1H. The van der Waals surface area contributed by atoms with Crippen molar-refractivity contribution < 1.29 is 9.53 Å². The predicted molar refractivity (Wildman–Crippen MR) is 129 cm³/mol. The van der Waals surface area contributed by atoms with Gasteiger partial charge in [0, 0.05) is 18.1 Å². The number of fused-ring (bicyclic) bond motifs is 1. The summed E-state index contributed by atoms with van der Waals surface area (Å²) in [6, 6.07) is 13.2. The first-order valence-electron chi connectivity index (χ1n) is 9.75. The number of hydrogen-bond acceptors (Lipinski definition) is 5. The average molecular weight is 468 g/mol. The second kappa shape index (κ2) is 11.5. The van der Waals surface area contributed by atoms with Gasteiger partial charge in [0.15, 0.2) is 5.13 Å². The maximum absolute atomic E-state index is 13.2. The number of amides is 1. The van der Waals surface area contributed by atoms with Crippen LogP contribution >= 0.6 is 35.3 Å². The van der Waals surface area contributed by atoms with Crippen LogP contribution in [0.3, 0.4) is 0 Å². The molecule has 0 atom stereocenters. The zero-order valence-electron chi connectivity index (χ0n) is 17.4. The number of thiazole rings is 1. The van der Waals surface area contributed by atoms with Crippen LogP contribution in [0.5, 0.6) is 5.75 Å². The van der Waals surface area contributed by atoms with Gasteiger partial charge in [0.2, 0.25) is 5.91 Å². The molecule has 0 unspecified atom stereocenters. The maximum Gasteiger partial charge on any atom is 0.233 e. The topological polar surface area (TPSA) is 45.7 Å². The summed E-state index contributed by atoms with van der Waals surface area (Å²) in [5, 5.41) is 1.39. The summed E-state index contributed by atoms with van der Waals surface area (Å²) in [6.45, 7) is 7.57. The molecule has 5 nitrogen and oxygen atoms in total. The number of halogens is 2. The minimum atomic E-state index is 0. The third-order valence-electron chi connectivity index (χ3n) is 4.92. The maximum atomic E-state index is 13.2. The molecular weight excluding hydrogens is 441 g/mol. The van der Waals surface area contributed by atoms with E-state index in [9.17, 15) is 4.79 Å². The fourth-order valence-electron chi connectivity index (χ4n) is 3.12. The van der Waals surface area contributed by atoms with Crippen LogP contribution < -0.4 is 9.64 Å². The summed E-state index contributed by atoms with van der Waals surface area (Å²) in [5.41, 5.74) is 1.81. The van der Waals surface area contributed by atoms with Crippen LogP contribution in [0.25, 0.3) is 10.2 Å². The van der Waals surface area contributed by atoms with E-state index >= 15 is 0 Å². The molecule has 3 aromatic rings. The molecule has 3 rings (SSSR count). The Morgan fingerprint density at radius 3 is 2.43 bits per heavy atom. The van der Waals surface area contributed by atoms with Gasteiger partial charge in [-0.1, -0.05) is 48.9 Å². The van der Waals surface area contributed by atoms with E-state index in [1.807, 2.05) is 42.5 Å². The van der Waals surface area contributed by atoms with Crippen LogP contribution in [0.1, 0.15) is 19.4 Å². The van der Waals surface area contributed by atoms with Crippen molar-refractivity contribution >= 4 is 56.6 Å². The van der Waals surface area contributed by atoms with Gasteiger partial charge in [0.1, 0.15) is 5.75 Å². The molecule has 0 saturated heterocycles. The Morgan fingerprint density at radius 2 is 1.80 bits per heavy atom. The highest BCUT2D eigenvalue weighted by Crippen LogP contribution is 2.31. The Labute approximate surface area is 193 Å². The Balaban J connectivity index is 0.00000320. The highest BCUT2D eigenvalue weighted by molar-refractivity contribution is 7.22. The molecule has 1 heterocycles. The van der Waals surface area contributed by atoms with Crippen molar-refractivity contribution in [2.24, 2.45) is 0 Å². The normalized spacial score (nSPS) is 10.8. The molecule has 0 aliphatic carbocycles. The smallest absolute Gasteiger partial charge is 0.233 e. The minimum absolute atomic E-state index is 0. The molecule has 0 saturated carbocycles. The number of carbonyl (C=O) groups is 1. The molecule has 0 aliphatic heterocycles. The van der Waals surface area contributed by atoms with Gasteiger partial charge in [0.05, 0.1) is 23.7 Å². The lowest BCUT2D eigenvalue weighted by atomic mass is 10.1. The van der Waals surface area contributed by atoms with Crippen LogP contribution in [0.4, 0.5) is 5.13 Å². The monoisotopic (exact) mass is 467 g/mol. The largest absolute Gasteiger partial charge is 0.497 e. The molecule has 0 radical (unpaired) electrons. The molecular formula is C22H27Cl2N3O2S. The van der Waals surface area contributed by atoms with Crippen molar-refractivity contribution in [3.05, 3.63) is 53.1 Å². The summed E-state index contributed by atoms with van der Waals surface area (Å²) in [6.07, 6.45) is 0.318. The molecule has 0 N–H and O–H groups in total. The predicted octanol–water partition coefficient (Wildman–Crippen LogP) is 5.30. The summed E-state index contributed by atoms with van der Waals surface area (Å²) < 4.78 is 6.19. The number of likely N-dealkylation sites (N-methyl/N-ethyl adjacent to an activating group) is 1. The lowest BCUT2D eigenvalue weighted by molar-refractivity contribution is -0.118. The fraction of sp³-hybridized carbons (Fsp3) is 0.364. The quantitative estimate of drug-likeness (QED) is 0.428. The second-order valence-corrected chi connectivity index (χ2v) is 8.15. The number of hydrogen-bond donors (Lipinski definition) is 0. The number of anilines is 1. The number of carbonyl (C=O) groups excluding carboxylic acids is 1. The van der Waals surface area contributed by atoms with E-state index in [1.54, 1.807) is 12.0 Å². The first-order valence-corrected chi connectivity index (χ1v) is 10.9. The van der Waals surface area contributed by atoms with E-state index in [1.165, 1.54) is 11.3 Å². The number of rotatable bonds is 9. The Morgan fingerprint density at radius 1 is 1.10 bits per heavy atom. The molecule has 2 aromatic carbocycles. The van der Waals surface area contributed by atoms with Crippen LogP contribution in [-0.2, 0) is 11.2 Å². The summed E-state index contributed by atoms with van der Waals surface area (Å²) in [4.78, 5) is 22.0. The molecule has 0 bridgehead atoms. The van der Waals surface area contributed by atoms with E-state index in [2.05, 4.69) is 18.7 Å². The Bertz CT molecular complexity index is 959. The Kier molecular flexibility index (Phi) is 9.37. The van der Waals surface area contributed by atoms with Crippen LogP contribution in [0, 0.1) is 0 Å². The lowest BCUT2D eigenvalue weighted by Crippen LogP contribution is -2.39. The van der Waals surface area contributed by atoms with Gasteiger partial charge < -0.3 is 9.64 Å². The van der Waals surface area contributed by atoms with Crippen LogP contribution in [0.15, 0.2) is 42.5 Å². The van der Waals surface area contributed by atoms with Crippen molar-refractivity contribution in [2.45, 2.75) is 20.3 Å². The molecule has 162 valence electrons. The van der Waals surface area contributed by atoms with E-state index in [4.69, 9.17) is 21.3 Å². The van der Waals surface area contributed by atoms with E-state index in [0.717, 1.165) is 41.2 Å². The van der Waals surface area contributed by atoms with Crippen LogP contribution in [0.2, 0.25) is 5.02 Å². The Hall–Kier alpha value is -1.86. The van der Waals surface area contributed by atoms with Gasteiger partial charge >= 0.3 is 0 Å². The number of aromatic nitrogens is 1. The third-order valence-corrected chi connectivity index (χ3v) is 6.20. The first-order chi connectivity index (χ1) is 14.0. The van der Waals surface area contributed by atoms with Gasteiger partial charge in [0.25, 0.3) is 0 Å². The number of benzene rings is 2. The van der Waals surface area contributed by atoms with Crippen molar-refractivity contribution in [1.29, 1.82) is 0 Å². The highest BCUT2D eigenvalue weighted by Gasteiger charge is 2.21. The van der Waals surface area contributed by atoms with Crippen molar-refractivity contribution in [3.8, 4) is 5.75 Å². The fourth-order valence-corrected chi connectivity index (χ4v) is 4.41. The summed E-state index contributed by atoms with van der Waals surface area (Å²) in [7, 11) is 1.63. The molecule has 1 amide bonds. The first kappa shape index (κ1) is 24.4. The molecule has 1 aromatic heterocycles. The van der Waals surface area contributed by atoms with Crippen LogP contribution in [-0.4, -0.2) is 49.1 Å². The third kappa shape index (κ3) is 6.08. The average Bonchev–Trinajstić information content (AvgIpc) is 3.14. The summed E-state index contributed by atoms with van der Waals surface area (Å²) >= 11 is 7.63. The van der Waals surface area contributed by atoms with E-state index in [0.29, 0.717) is 23.1 Å². The number of methoxy groups -OCH3 is 1. The SMILES string of the molecule is CCN(CC)CCN(C(=O)Cc1ccc(OC)cc1)c1nc2ccc(Cl)cc2s1.Cl. The van der Waals surface area contributed by atoms with E-state index < -0.39 is 0 Å². The molecule has 8 heteroatoms.